The number of nitrogens with one attached hydrogen (secondary N) is 2. The van der Waals surface area contributed by atoms with E-state index in [2.05, 4.69) is 15.7 Å². The molecule has 2 heterocycles. The van der Waals surface area contributed by atoms with E-state index in [-0.39, 0.29) is 18.4 Å². The molecule has 2 fully saturated rings. The molecular weight excluding hydrogens is 410 g/mol. The first kappa shape index (κ1) is 22.2. The Morgan fingerprint density at radius 1 is 1.25 bits per heavy atom. The summed E-state index contributed by atoms with van der Waals surface area (Å²) in [6, 6.07) is 6.95. The first-order valence-corrected chi connectivity index (χ1v) is 11.2. The summed E-state index contributed by atoms with van der Waals surface area (Å²) >= 11 is 0. The summed E-state index contributed by atoms with van der Waals surface area (Å²) in [6.07, 6.45) is 9.06. The molecule has 0 unspecified atom stereocenters. The van der Waals surface area contributed by atoms with Crippen molar-refractivity contribution in [3.63, 3.8) is 0 Å². The summed E-state index contributed by atoms with van der Waals surface area (Å²) in [4.78, 5) is 41.7. The molecule has 0 spiro atoms. The Bertz CT molecular complexity index is 973. The van der Waals surface area contributed by atoms with E-state index in [4.69, 9.17) is 0 Å². The molecule has 170 valence electrons. The Labute approximate surface area is 186 Å². The van der Waals surface area contributed by atoms with Crippen molar-refractivity contribution in [2.24, 2.45) is 11.8 Å². The van der Waals surface area contributed by atoms with Crippen LogP contribution in [0.25, 0.3) is 10.8 Å². The number of amides is 3. The second-order valence-corrected chi connectivity index (χ2v) is 8.63. The molecule has 3 N–H and O–H groups in total. The zero-order valence-corrected chi connectivity index (χ0v) is 17.9. The van der Waals surface area contributed by atoms with Crippen molar-refractivity contribution in [1.82, 2.24) is 20.5 Å². The van der Waals surface area contributed by atoms with Crippen molar-refractivity contribution in [2.75, 3.05) is 18.4 Å². The lowest BCUT2D eigenvalue weighted by Crippen LogP contribution is -2.51. The fourth-order valence-corrected chi connectivity index (χ4v) is 4.84. The van der Waals surface area contributed by atoms with Crippen LogP contribution in [-0.4, -0.2) is 57.6 Å². The minimum Gasteiger partial charge on any atom is -0.322 e. The molecule has 2 aromatic rings. The molecule has 1 aliphatic heterocycles. The molecule has 0 radical (unpaired) electrons. The van der Waals surface area contributed by atoms with E-state index in [9.17, 15) is 19.6 Å². The van der Waals surface area contributed by atoms with Gasteiger partial charge in [-0.15, -0.1) is 0 Å². The van der Waals surface area contributed by atoms with Gasteiger partial charge in [0.1, 0.15) is 6.04 Å². The zero-order chi connectivity index (χ0) is 22.5. The average molecular weight is 440 g/mol. The molecule has 3 amide bonds. The second kappa shape index (κ2) is 10.1. The van der Waals surface area contributed by atoms with Crippen molar-refractivity contribution in [3.8, 4) is 0 Å². The van der Waals surface area contributed by atoms with E-state index in [1.807, 2.05) is 24.3 Å². The van der Waals surface area contributed by atoms with E-state index >= 15 is 0 Å². The molecule has 9 heteroatoms. The highest BCUT2D eigenvalue weighted by Crippen LogP contribution is 2.32. The number of hydrogen-bond acceptors (Lipinski definition) is 6. The summed E-state index contributed by atoms with van der Waals surface area (Å²) in [5.74, 6) is -0.752. The van der Waals surface area contributed by atoms with Gasteiger partial charge in [-0.2, -0.15) is 0 Å². The smallest absolute Gasteiger partial charge is 0.248 e. The van der Waals surface area contributed by atoms with E-state index < -0.39 is 12.0 Å². The van der Waals surface area contributed by atoms with Crippen LogP contribution in [0.1, 0.15) is 38.5 Å². The molecule has 32 heavy (non-hydrogen) atoms. The Morgan fingerprint density at radius 3 is 2.81 bits per heavy atom. The monoisotopic (exact) mass is 439 g/mol. The predicted octanol–water partition coefficient (Wildman–Crippen LogP) is 2.32. The largest absolute Gasteiger partial charge is 0.322 e. The third-order valence-corrected chi connectivity index (χ3v) is 6.45. The molecule has 1 saturated carbocycles. The van der Waals surface area contributed by atoms with Crippen LogP contribution in [0.4, 0.5) is 5.69 Å². The molecule has 9 nitrogen and oxygen atoms in total. The number of anilines is 1. The number of carbonyl (C=O) groups is 3. The number of hydroxylamine groups is 2. The Kier molecular flexibility index (Phi) is 6.96. The minimum absolute atomic E-state index is 0.0847. The van der Waals surface area contributed by atoms with Gasteiger partial charge in [-0.1, -0.05) is 49.9 Å². The van der Waals surface area contributed by atoms with Crippen LogP contribution in [0, 0.1) is 11.8 Å². The highest BCUT2D eigenvalue weighted by molar-refractivity contribution is 6.04. The van der Waals surface area contributed by atoms with Gasteiger partial charge in [-0.3, -0.25) is 29.6 Å². The number of nitrogens with zero attached hydrogens (tertiary/aromatic N) is 3. The lowest BCUT2D eigenvalue weighted by atomic mass is 9.92. The number of rotatable bonds is 8. The fourth-order valence-electron chi connectivity index (χ4n) is 4.84. The summed E-state index contributed by atoms with van der Waals surface area (Å²) < 4.78 is 0. The van der Waals surface area contributed by atoms with Gasteiger partial charge >= 0.3 is 0 Å². The number of aromatic nitrogens is 1. The second-order valence-electron chi connectivity index (χ2n) is 8.63. The molecule has 1 aliphatic carbocycles. The van der Waals surface area contributed by atoms with Crippen molar-refractivity contribution < 1.29 is 19.6 Å². The van der Waals surface area contributed by atoms with E-state index in [0.717, 1.165) is 36.5 Å². The molecular formula is C23H29N5O4. The maximum atomic E-state index is 13.4. The number of carbonyl (C=O) groups excluding carboxylic acids is 3. The first-order chi connectivity index (χ1) is 15.6. The minimum atomic E-state index is -0.684. The van der Waals surface area contributed by atoms with Gasteiger partial charge < -0.3 is 5.32 Å². The van der Waals surface area contributed by atoms with Crippen LogP contribution in [0.5, 0.6) is 0 Å². The Balaban J connectivity index is 1.49. The number of benzene rings is 1. The van der Waals surface area contributed by atoms with Crippen LogP contribution < -0.4 is 10.7 Å². The number of pyridine rings is 1. The van der Waals surface area contributed by atoms with Gasteiger partial charge in [0.25, 0.3) is 0 Å². The summed E-state index contributed by atoms with van der Waals surface area (Å²) in [5, 5.41) is 16.4. The highest BCUT2D eigenvalue weighted by atomic mass is 16.5. The topological polar surface area (TPSA) is 115 Å². The van der Waals surface area contributed by atoms with Crippen LogP contribution in [-0.2, 0) is 14.4 Å². The molecule has 0 bridgehead atoms. The quantitative estimate of drug-likeness (QED) is 0.330. The van der Waals surface area contributed by atoms with Crippen molar-refractivity contribution in [3.05, 3.63) is 36.7 Å². The molecule has 4 rings (SSSR count). The Morgan fingerprint density at radius 2 is 2.03 bits per heavy atom. The standard InChI is InChI=1S/C23H29N5O4/c29-15-27(32)14-18(11-16-5-1-2-6-16)23(31)28-21(9-10-25-28)22(30)26-20-13-24-12-17-7-3-4-8-19(17)20/h3-4,7-8,12-13,15-16,18,21,25,32H,1-2,5-6,9-11,14H2,(H,26,30)/t18-,21+/m1/s1. The normalized spacial score (nSPS) is 19.8. The Hall–Kier alpha value is -3.04. The number of fused-ring (bicyclic) bond motifs is 1. The van der Waals surface area contributed by atoms with Crippen molar-refractivity contribution >= 4 is 34.7 Å². The average Bonchev–Trinajstić information content (AvgIpc) is 3.50. The maximum absolute atomic E-state index is 13.4. The van der Waals surface area contributed by atoms with Crippen molar-refractivity contribution in [1.29, 1.82) is 0 Å². The van der Waals surface area contributed by atoms with E-state index in [1.54, 1.807) is 12.4 Å². The van der Waals surface area contributed by atoms with Gasteiger partial charge in [-0.25, -0.2) is 10.5 Å². The van der Waals surface area contributed by atoms with Crippen LogP contribution in [0.3, 0.4) is 0 Å². The third kappa shape index (κ3) is 4.89. The molecule has 2 aliphatic rings. The molecule has 2 atom stereocenters. The van der Waals surface area contributed by atoms with E-state index in [0.29, 0.717) is 42.5 Å². The third-order valence-electron chi connectivity index (χ3n) is 6.45. The fraction of sp³-hybridized carbons (Fsp3) is 0.478. The zero-order valence-electron chi connectivity index (χ0n) is 17.9. The molecule has 1 saturated heterocycles. The lowest BCUT2D eigenvalue weighted by molar-refractivity contribution is -0.159. The van der Waals surface area contributed by atoms with Gasteiger partial charge in [0.2, 0.25) is 18.2 Å². The lowest BCUT2D eigenvalue weighted by Gasteiger charge is -2.30. The molecule has 1 aromatic carbocycles. The van der Waals surface area contributed by atoms with Crippen LogP contribution in [0.2, 0.25) is 0 Å². The summed E-state index contributed by atoms with van der Waals surface area (Å²) in [5.41, 5.74) is 3.62. The highest BCUT2D eigenvalue weighted by Gasteiger charge is 2.39. The van der Waals surface area contributed by atoms with Gasteiger partial charge in [-0.05, 0) is 18.8 Å². The summed E-state index contributed by atoms with van der Waals surface area (Å²) in [7, 11) is 0. The van der Waals surface area contributed by atoms with Gasteiger partial charge in [0.05, 0.1) is 24.3 Å². The van der Waals surface area contributed by atoms with Crippen molar-refractivity contribution in [2.45, 2.75) is 44.6 Å². The van der Waals surface area contributed by atoms with Gasteiger partial charge in [0, 0.05) is 23.5 Å². The van der Waals surface area contributed by atoms with Crippen LogP contribution >= 0.6 is 0 Å². The van der Waals surface area contributed by atoms with E-state index in [1.165, 1.54) is 5.01 Å². The molecule has 1 aromatic heterocycles. The number of hydrazine groups is 1. The predicted molar refractivity (Wildman–Crippen MR) is 118 cm³/mol. The summed E-state index contributed by atoms with van der Waals surface area (Å²) in [6.45, 7) is 0.406. The van der Waals surface area contributed by atoms with Gasteiger partial charge in [0.15, 0.2) is 0 Å². The number of hydrogen-bond donors (Lipinski definition) is 3. The SMILES string of the molecule is O=CN(O)C[C@@H](CC1CCCC1)C(=O)N1NCC[C@H]1C(=O)Nc1cncc2ccccc12. The first-order valence-electron chi connectivity index (χ1n) is 11.2. The van der Waals surface area contributed by atoms with Crippen LogP contribution in [0.15, 0.2) is 36.7 Å². The maximum Gasteiger partial charge on any atom is 0.248 e.